The molecule has 1 rings (SSSR count). The van der Waals surface area contributed by atoms with E-state index in [9.17, 15) is 4.79 Å². The lowest BCUT2D eigenvalue weighted by molar-refractivity contribution is -0.119. The largest absolute Gasteiger partial charge is 0.356 e. The van der Waals surface area contributed by atoms with Crippen molar-refractivity contribution in [2.75, 3.05) is 19.6 Å². The Morgan fingerprint density at radius 1 is 1.62 bits per heavy atom. The second-order valence-corrected chi connectivity index (χ2v) is 3.47. The first-order valence-electron chi connectivity index (χ1n) is 4.61. The summed E-state index contributed by atoms with van der Waals surface area (Å²) in [5.74, 6) is 0.580. The second kappa shape index (κ2) is 4.70. The van der Waals surface area contributed by atoms with Gasteiger partial charge in [0.1, 0.15) is 0 Å². The van der Waals surface area contributed by atoms with Gasteiger partial charge in [0.25, 0.3) is 0 Å². The molecule has 0 spiro atoms. The molecule has 0 aromatic carbocycles. The first-order valence-corrected chi connectivity index (χ1v) is 4.61. The Morgan fingerprint density at radius 2 is 2.23 bits per heavy atom. The van der Waals surface area contributed by atoms with Gasteiger partial charge in [0.2, 0.25) is 5.91 Å². The number of hydrogen-bond donors (Lipinski definition) is 1. The molecular weight excluding hydrogens is 166 g/mol. The number of hydrogen-bond acceptors (Lipinski definition) is 3. The molecule has 0 bridgehead atoms. The summed E-state index contributed by atoms with van der Waals surface area (Å²) in [6.07, 6.45) is 4.15. The minimum absolute atomic E-state index is 0.0303. The van der Waals surface area contributed by atoms with Crippen LogP contribution in [-0.2, 0) is 4.79 Å². The summed E-state index contributed by atoms with van der Waals surface area (Å²) in [6, 6.07) is 0. The number of amides is 1. The zero-order valence-corrected chi connectivity index (χ0v) is 7.92. The summed E-state index contributed by atoms with van der Waals surface area (Å²) in [5.41, 5.74) is 0. The summed E-state index contributed by atoms with van der Waals surface area (Å²) >= 11 is 0. The molecule has 1 fully saturated rings. The van der Waals surface area contributed by atoms with Crippen molar-refractivity contribution in [2.45, 2.75) is 19.8 Å². The van der Waals surface area contributed by atoms with Gasteiger partial charge in [-0.25, -0.2) is 0 Å². The van der Waals surface area contributed by atoms with Crippen molar-refractivity contribution in [1.29, 1.82) is 5.26 Å². The van der Waals surface area contributed by atoms with Crippen LogP contribution in [0.4, 0.5) is 0 Å². The third-order valence-electron chi connectivity index (χ3n) is 2.40. The Labute approximate surface area is 78.5 Å². The first-order chi connectivity index (χ1) is 6.22. The van der Waals surface area contributed by atoms with Crippen LogP contribution < -0.4 is 5.32 Å². The molecule has 1 amide bonds. The molecule has 0 aromatic rings. The quantitative estimate of drug-likeness (QED) is 0.624. The molecule has 0 unspecified atom stereocenters. The molecule has 1 aliphatic heterocycles. The maximum atomic E-state index is 10.6. The Hall–Kier alpha value is -1.24. The molecule has 0 radical (unpaired) electrons. The predicted octanol–water partition coefficient (Wildman–Crippen LogP) is 0.316. The third kappa shape index (κ3) is 3.32. The van der Waals surface area contributed by atoms with E-state index in [4.69, 9.17) is 5.26 Å². The Morgan fingerprint density at radius 3 is 2.69 bits per heavy atom. The lowest BCUT2D eigenvalue weighted by Gasteiger charge is -2.27. The van der Waals surface area contributed by atoms with Crippen molar-refractivity contribution in [3.05, 3.63) is 0 Å². The van der Waals surface area contributed by atoms with Gasteiger partial charge in [0.05, 0.1) is 0 Å². The number of piperidine rings is 1. The normalized spacial score (nSPS) is 18.0. The Kier molecular flexibility index (Phi) is 3.56. The maximum absolute atomic E-state index is 10.6. The van der Waals surface area contributed by atoms with Crippen molar-refractivity contribution in [1.82, 2.24) is 10.2 Å². The van der Waals surface area contributed by atoms with E-state index in [-0.39, 0.29) is 5.91 Å². The van der Waals surface area contributed by atoms with Gasteiger partial charge in [0, 0.05) is 26.6 Å². The fourth-order valence-electron chi connectivity index (χ4n) is 1.53. The minimum atomic E-state index is 0.0303. The summed E-state index contributed by atoms with van der Waals surface area (Å²) < 4.78 is 0. The second-order valence-electron chi connectivity index (χ2n) is 3.47. The van der Waals surface area contributed by atoms with E-state index in [2.05, 4.69) is 11.5 Å². The van der Waals surface area contributed by atoms with Gasteiger partial charge in [-0.05, 0) is 18.8 Å². The lowest BCUT2D eigenvalue weighted by Crippen LogP contribution is -2.35. The summed E-state index contributed by atoms with van der Waals surface area (Å²) in [7, 11) is 0. The highest BCUT2D eigenvalue weighted by Gasteiger charge is 2.17. The van der Waals surface area contributed by atoms with E-state index in [1.165, 1.54) is 6.92 Å². The van der Waals surface area contributed by atoms with Crippen LogP contribution in [0.5, 0.6) is 0 Å². The average molecular weight is 181 g/mol. The van der Waals surface area contributed by atoms with E-state index in [0.717, 1.165) is 32.5 Å². The zero-order chi connectivity index (χ0) is 9.68. The van der Waals surface area contributed by atoms with Crippen LogP contribution in [0.25, 0.3) is 0 Å². The third-order valence-corrected chi connectivity index (χ3v) is 2.40. The van der Waals surface area contributed by atoms with Gasteiger partial charge in [-0.3, -0.25) is 4.79 Å². The number of nitriles is 1. The molecule has 1 heterocycles. The SMILES string of the molecule is CC(=O)NCC1CCN(C#N)CC1. The predicted molar refractivity (Wildman–Crippen MR) is 48.6 cm³/mol. The molecule has 0 atom stereocenters. The molecule has 0 aromatic heterocycles. The van der Waals surface area contributed by atoms with E-state index in [1.54, 1.807) is 4.90 Å². The van der Waals surface area contributed by atoms with Gasteiger partial charge < -0.3 is 10.2 Å². The number of nitrogens with zero attached hydrogens (tertiary/aromatic N) is 2. The van der Waals surface area contributed by atoms with Crippen LogP contribution in [-0.4, -0.2) is 30.4 Å². The van der Waals surface area contributed by atoms with Crippen LogP contribution in [0.1, 0.15) is 19.8 Å². The minimum Gasteiger partial charge on any atom is -0.356 e. The molecule has 4 heteroatoms. The summed E-state index contributed by atoms with van der Waals surface area (Å²) in [6.45, 7) is 3.96. The Bertz CT molecular complexity index is 213. The molecule has 72 valence electrons. The van der Waals surface area contributed by atoms with Crippen LogP contribution in [0.3, 0.4) is 0 Å². The number of carbonyl (C=O) groups excluding carboxylic acids is 1. The van der Waals surface area contributed by atoms with Crippen LogP contribution >= 0.6 is 0 Å². The summed E-state index contributed by atoms with van der Waals surface area (Å²) in [5, 5.41) is 11.4. The topological polar surface area (TPSA) is 56.1 Å². The lowest BCUT2D eigenvalue weighted by atomic mass is 9.97. The van der Waals surface area contributed by atoms with E-state index >= 15 is 0 Å². The van der Waals surface area contributed by atoms with Crippen LogP contribution in [0.15, 0.2) is 0 Å². The first kappa shape index (κ1) is 9.85. The molecule has 0 saturated carbocycles. The maximum Gasteiger partial charge on any atom is 0.216 e. The standard InChI is InChI=1S/C9H15N3O/c1-8(13)11-6-9-2-4-12(7-10)5-3-9/h9H,2-6H2,1H3,(H,11,13). The van der Waals surface area contributed by atoms with Gasteiger partial charge in [-0.1, -0.05) is 0 Å². The van der Waals surface area contributed by atoms with E-state index < -0.39 is 0 Å². The van der Waals surface area contributed by atoms with Crippen molar-refractivity contribution in [2.24, 2.45) is 5.92 Å². The van der Waals surface area contributed by atoms with E-state index in [1.807, 2.05) is 0 Å². The molecule has 1 saturated heterocycles. The van der Waals surface area contributed by atoms with Crippen molar-refractivity contribution >= 4 is 5.91 Å². The van der Waals surface area contributed by atoms with Crippen LogP contribution in [0.2, 0.25) is 0 Å². The number of likely N-dealkylation sites (tertiary alicyclic amines) is 1. The average Bonchev–Trinajstić information content (AvgIpc) is 2.15. The fraction of sp³-hybridized carbons (Fsp3) is 0.778. The molecule has 1 aliphatic rings. The fourth-order valence-corrected chi connectivity index (χ4v) is 1.53. The number of rotatable bonds is 2. The monoisotopic (exact) mass is 181 g/mol. The van der Waals surface area contributed by atoms with Crippen molar-refractivity contribution in [3.8, 4) is 6.19 Å². The highest BCUT2D eigenvalue weighted by atomic mass is 16.1. The number of nitrogens with one attached hydrogen (secondary N) is 1. The number of carbonyl (C=O) groups is 1. The van der Waals surface area contributed by atoms with Gasteiger partial charge in [0.15, 0.2) is 6.19 Å². The smallest absolute Gasteiger partial charge is 0.216 e. The highest BCUT2D eigenvalue weighted by molar-refractivity contribution is 5.72. The molecular formula is C9H15N3O. The van der Waals surface area contributed by atoms with Crippen molar-refractivity contribution < 1.29 is 4.79 Å². The van der Waals surface area contributed by atoms with Gasteiger partial charge >= 0.3 is 0 Å². The van der Waals surface area contributed by atoms with Crippen molar-refractivity contribution in [3.63, 3.8) is 0 Å². The van der Waals surface area contributed by atoms with E-state index in [0.29, 0.717) is 5.92 Å². The van der Waals surface area contributed by atoms with Gasteiger partial charge in [-0.2, -0.15) is 5.26 Å². The molecule has 0 aliphatic carbocycles. The summed E-state index contributed by atoms with van der Waals surface area (Å²) in [4.78, 5) is 12.4. The molecule has 1 N–H and O–H groups in total. The van der Waals surface area contributed by atoms with Crippen LogP contribution in [0, 0.1) is 17.4 Å². The Balaban J connectivity index is 2.18. The van der Waals surface area contributed by atoms with Gasteiger partial charge in [-0.15, -0.1) is 0 Å². The molecule has 13 heavy (non-hydrogen) atoms. The zero-order valence-electron chi connectivity index (χ0n) is 7.92. The highest BCUT2D eigenvalue weighted by Crippen LogP contribution is 2.15. The molecule has 4 nitrogen and oxygen atoms in total.